The van der Waals surface area contributed by atoms with Crippen LogP contribution in [0.5, 0.6) is 0 Å². The van der Waals surface area contributed by atoms with Crippen LogP contribution in [0.4, 0.5) is 5.82 Å². The molecule has 1 aliphatic heterocycles. The standard InChI is InChI=1S/C26H34N6O2S/c1-17-7-12-35-24(17)23(34)21-14-27-25-22(21)26(29-16-28-25)30-19-5-3-18(4-6-19)13-20(33)15-32-10-8-31(2)9-11-32/h7,12,14,16,18-19H,3-6,8-11,13,15H2,1-2H3,(H2,27,28,29,30). The molecule has 3 aromatic heterocycles. The van der Waals surface area contributed by atoms with Crippen molar-refractivity contribution >= 4 is 39.8 Å². The summed E-state index contributed by atoms with van der Waals surface area (Å²) in [5.74, 6) is 1.56. The number of piperazine rings is 1. The summed E-state index contributed by atoms with van der Waals surface area (Å²) in [7, 11) is 2.14. The molecule has 4 heterocycles. The molecular weight excluding hydrogens is 460 g/mol. The number of likely N-dealkylation sites (N-methyl/N-ethyl adjacent to an activating group) is 1. The molecular formula is C26H34N6O2S. The van der Waals surface area contributed by atoms with Gasteiger partial charge in [0.2, 0.25) is 5.78 Å². The zero-order chi connectivity index (χ0) is 24.4. The average Bonchev–Trinajstić information content (AvgIpc) is 3.48. The van der Waals surface area contributed by atoms with E-state index < -0.39 is 0 Å². The van der Waals surface area contributed by atoms with E-state index >= 15 is 0 Å². The zero-order valence-corrected chi connectivity index (χ0v) is 21.4. The Hall–Kier alpha value is -2.62. The Balaban J connectivity index is 1.19. The Kier molecular flexibility index (Phi) is 7.27. The summed E-state index contributed by atoms with van der Waals surface area (Å²) < 4.78 is 0. The first kappa shape index (κ1) is 24.1. The van der Waals surface area contributed by atoms with E-state index in [0.29, 0.717) is 41.7 Å². The van der Waals surface area contributed by atoms with Gasteiger partial charge in [0, 0.05) is 44.8 Å². The largest absolute Gasteiger partial charge is 0.367 e. The highest BCUT2D eigenvalue weighted by Crippen LogP contribution is 2.32. The average molecular weight is 495 g/mol. The van der Waals surface area contributed by atoms with Crippen LogP contribution in [0.1, 0.15) is 52.9 Å². The van der Waals surface area contributed by atoms with Gasteiger partial charge >= 0.3 is 0 Å². The third-order valence-corrected chi connectivity index (χ3v) is 8.50. The number of carbonyl (C=O) groups excluding carboxylic acids is 2. The molecule has 1 saturated carbocycles. The molecule has 5 rings (SSSR count). The minimum Gasteiger partial charge on any atom is -0.367 e. The summed E-state index contributed by atoms with van der Waals surface area (Å²) >= 11 is 1.46. The van der Waals surface area contributed by atoms with Crippen LogP contribution in [-0.4, -0.2) is 82.1 Å². The molecule has 3 aromatic rings. The van der Waals surface area contributed by atoms with Crippen LogP contribution in [0.15, 0.2) is 24.0 Å². The second-order valence-electron chi connectivity index (χ2n) is 10.1. The number of Topliss-reactive ketones (excluding diaryl/α,β-unsaturated/α-hetero) is 1. The van der Waals surface area contributed by atoms with E-state index in [1.54, 1.807) is 6.20 Å². The maximum Gasteiger partial charge on any atom is 0.205 e. The molecule has 0 unspecified atom stereocenters. The number of anilines is 1. The first-order valence-electron chi connectivity index (χ1n) is 12.6. The fourth-order valence-corrected chi connectivity index (χ4v) is 6.20. The topological polar surface area (TPSA) is 94.2 Å². The lowest BCUT2D eigenvalue weighted by molar-refractivity contribution is -0.121. The molecule has 1 aliphatic carbocycles. The molecule has 2 fully saturated rings. The van der Waals surface area contributed by atoms with Gasteiger partial charge in [-0.05, 0) is 62.6 Å². The van der Waals surface area contributed by atoms with Crippen molar-refractivity contribution < 1.29 is 9.59 Å². The molecule has 0 atom stereocenters. The summed E-state index contributed by atoms with van der Waals surface area (Å²) in [5, 5.41) is 6.30. The quantitative estimate of drug-likeness (QED) is 0.461. The number of rotatable bonds is 8. The van der Waals surface area contributed by atoms with Crippen molar-refractivity contribution in [1.82, 2.24) is 24.8 Å². The van der Waals surface area contributed by atoms with E-state index in [-0.39, 0.29) is 11.8 Å². The molecule has 9 heteroatoms. The first-order chi connectivity index (χ1) is 17.0. The summed E-state index contributed by atoms with van der Waals surface area (Å²) in [6, 6.07) is 2.25. The lowest BCUT2D eigenvalue weighted by atomic mass is 9.83. The van der Waals surface area contributed by atoms with E-state index in [0.717, 1.165) is 67.7 Å². The molecule has 0 bridgehead atoms. The van der Waals surface area contributed by atoms with Crippen LogP contribution in [-0.2, 0) is 4.79 Å². The number of fused-ring (bicyclic) bond motifs is 1. The lowest BCUT2D eigenvalue weighted by Crippen LogP contribution is -2.46. The van der Waals surface area contributed by atoms with Crippen LogP contribution >= 0.6 is 11.3 Å². The van der Waals surface area contributed by atoms with Gasteiger partial charge in [-0.2, -0.15) is 0 Å². The van der Waals surface area contributed by atoms with Crippen molar-refractivity contribution in [3.05, 3.63) is 40.0 Å². The number of hydrogen-bond donors (Lipinski definition) is 2. The van der Waals surface area contributed by atoms with Crippen molar-refractivity contribution in [3.63, 3.8) is 0 Å². The van der Waals surface area contributed by atoms with Gasteiger partial charge in [-0.3, -0.25) is 14.5 Å². The maximum atomic E-state index is 13.2. The smallest absolute Gasteiger partial charge is 0.205 e. The predicted octanol–water partition coefficient (Wildman–Crippen LogP) is 3.74. The van der Waals surface area contributed by atoms with E-state index in [4.69, 9.17) is 0 Å². The summed E-state index contributed by atoms with van der Waals surface area (Å²) in [6.07, 6.45) is 8.03. The summed E-state index contributed by atoms with van der Waals surface area (Å²) in [4.78, 5) is 43.2. The van der Waals surface area contributed by atoms with E-state index in [1.807, 2.05) is 18.4 Å². The molecule has 35 heavy (non-hydrogen) atoms. The number of nitrogens with zero attached hydrogens (tertiary/aromatic N) is 4. The number of ketones is 2. The molecule has 8 nitrogen and oxygen atoms in total. The maximum absolute atomic E-state index is 13.2. The van der Waals surface area contributed by atoms with Crippen molar-refractivity contribution in [3.8, 4) is 0 Å². The lowest BCUT2D eigenvalue weighted by Gasteiger charge is -2.33. The van der Waals surface area contributed by atoms with E-state index in [1.165, 1.54) is 17.7 Å². The van der Waals surface area contributed by atoms with Crippen LogP contribution in [0, 0.1) is 12.8 Å². The minimum absolute atomic E-state index is 0.00386. The van der Waals surface area contributed by atoms with Crippen LogP contribution < -0.4 is 5.32 Å². The van der Waals surface area contributed by atoms with Gasteiger partial charge in [-0.15, -0.1) is 11.3 Å². The second-order valence-corrected chi connectivity index (χ2v) is 11.0. The Morgan fingerprint density at radius 3 is 2.63 bits per heavy atom. The number of aromatic nitrogens is 3. The van der Waals surface area contributed by atoms with Gasteiger partial charge in [0.1, 0.15) is 23.6 Å². The summed E-state index contributed by atoms with van der Waals surface area (Å²) in [6.45, 7) is 6.62. The van der Waals surface area contributed by atoms with Crippen molar-refractivity contribution in [2.24, 2.45) is 5.92 Å². The van der Waals surface area contributed by atoms with E-state index in [9.17, 15) is 9.59 Å². The first-order valence-corrected chi connectivity index (χ1v) is 13.5. The normalized spacial score (nSPS) is 21.9. The number of aromatic amines is 1. The molecule has 2 aliphatic rings. The molecule has 0 aromatic carbocycles. The molecule has 2 N–H and O–H groups in total. The number of hydrogen-bond acceptors (Lipinski definition) is 8. The van der Waals surface area contributed by atoms with Gasteiger partial charge in [0.15, 0.2) is 0 Å². The van der Waals surface area contributed by atoms with Crippen LogP contribution in [0.25, 0.3) is 11.0 Å². The predicted molar refractivity (Wildman–Crippen MR) is 139 cm³/mol. The fraction of sp³-hybridized carbons (Fsp3) is 0.538. The van der Waals surface area contributed by atoms with Gasteiger partial charge < -0.3 is 15.2 Å². The SMILES string of the molecule is Cc1ccsc1C(=O)c1c[nH]c2ncnc(NC3CCC(CC(=O)CN4CCN(C)CC4)CC3)c12. The fourth-order valence-electron chi connectivity index (χ4n) is 5.33. The summed E-state index contributed by atoms with van der Waals surface area (Å²) in [5.41, 5.74) is 2.27. The van der Waals surface area contributed by atoms with Gasteiger partial charge in [-0.1, -0.05) is 0 Å². The van der Waals surface area contributed by atoms with Crippen molar-refractivity contribution in [1.29, 1.82) is 0 Å². The van der Waals surface area contributed by atoms with Crippen molar-refractivity contribution in [2.45, 2.75) is 45.1 Å². The molecule has 0 amide bonds. The van der Waals surface area contributed by atoms with Gasteiger partial charge in [0.25, 0.3) is 0 Å². The third-order valence-electron chi connectivity index (χ3n) is 7.48. The highest BCUT2D eigenvalue weighted by molar-refractivity contribution is 7.12. The molecule has 0 radical (unpaired) electrons. The monoisotopic (exact) mass is 494 g/mol. The highest BCUT2D eigenvalue weighted by atomic mass is 32.1. The van der Waals surface area contributed by atoms with Gasteiger partial charge in [0.05, 0.1) is 22.4 Å². The number of aryl methyl sites for hydroxylation is 1. The Bertz CT molecular complexity index is 1190. The van der Waals surface area contributed by atoms with E-state index in [2.05, 4.69) is 37.1 Å². The number of carbonyl (C=O) groups is 2. The number of thiophene rings is 1. The second kappa shape index (κ2) is 10.6. The number of nitrogens with one attached hydrogen (secondary N) is 2. The molecule has 0 spiro atoms. The third kappa shape index (κ3) is 5.47. The van der Waals surface area contributed by atoms with Crippen LogP contribution in [0.2, 0.25) is 0 Å². The van der Waals surface area contributed by atoms with Crippen LogP contribution in [0.3, 0.4) is 0 Å². The number of H-pyrrole nitrogens is 1. The Morgan fingerprint density at radius 1 is 1.14 bits per heavy atom. The Labute approximate surface area is 210 Å². The zero-order valence-electron chi connectivity index (χ0n) is 20.5. The van der Waals surface area contributed by atoms with Crippen molar-refractivity contribution in [2.75, 3.05) is 45.1 Å². The van der Waals surface area contributed by atoms with Gasteiger partial charge in [-0.25, -0.2) is 9.97 Å². The highest BCUT2D eigenvalue weighted by Gasteiger charge is 2.26. The Morgan fingerprint density at radius 2 is 1.91 bits per heavy atom. The minimum atomic E-state index is 0.00386. The molecule has 1 saturated heterocycles. The molecule has 186 valence electrons.